The van der Waals surface area contributed by atoms with Gasteiger partial charge in [0.15, 0.2) is 5.16 Å². The molecule has 1 aromatic carbocycles. The van der Waals surface area contributed by atoms with E-state index in [0.717, 1.165) is 11.3 Å². The van der Waals surface area contributed by atoms with Crippen molar-refractivity contribution in [3.05, 3.63) is 50.9 Å². The van der Waals surface area contributed by atoms with Crippen LogP contribution >= 0.6 is 23.4 Å². The maximum Gasteiger partial charge on any atom is 0.278 e. The molecule has 154 valence electrons. The van der Waals surface area contributed by atoms with E-state index < -0.39 is 0 Å². The molecule has 0 spiro atoms. The predicted molar refractivity (Wildman–Crippen MR) is 120 cm³/mol. The summed E-state index contributed by atoms with van der Waals surface area (Å²) in [6.45, 7) is 8.52. The molecule has 8 heteroatoms. The molecule has 0 aliphatic rings. The van der Waals surface area contributed by atoms with Gasteiger partial charge in [0.25, 0.3) is 5.56 Å². The Kier molecular flexibility index (Phi) is 6.39. The van der Waals surface area contributed by atoms with Crippen molar-refractivity contribution in [2.75, 3.05) is 11.6 Å². The van der Waals surface area contributed by atoms with E-state index in [1.54, 1.807) is 21.3 Å². The van der Waals surface area contributed by atoms with E-state index in [1.807, 2.05) is 32.2 Å². The molecule has 3 aromatic rings. The lowest BCUT2D eigenvalue weighted by molar-refractivity contribution is -0.116. The molecule has 2 heterocycles. The first-order chi connectivity index (χ1) is 13.7. The molecule has 29 heavy (non-hydrogen) atoms. The van der Waals surface area contributed by atoms with Gasteiger partial charge in [0.2, 0.25) is 5.91 Å². The second kappa shape index (κ2) is 8.63. The van der Waals surface area contributed by atoms with Crippen LogP contribution in [0.5, 0.6) is 0 Å². The summed E-state index contributed by atoms with van der Waals surface area (Å²) < 4.78 is 3.42. The standard InChI is InChI=1S/C21H25ClN4O2S/c1-12(2)10-26-20(28)19-17(24-21(26)29-5)9-14(4)25(19)11-18(27)23-16-7-6-13(3)8-15(16)22/h6-9,12H,10-11H2,1-5H3,(H,23,27). The monoisotopic (exact) mass is 432 g/mol. The summed E-state index contributed by atoms with van der Waals surface area (Å²) in [4.78, 5) is 30.6. The van der Waals surface area contributed by atoms with E-state index in [0.29, 0.717) is 39.4 Å². The van der Waals surface area contributed by atoms with E-state index >= 15 is 0 Å². The zero-order valence-corrected chi connectivity index (χ0v) is 18.8. The molecule has 6 nitrogen and oxygen atoms in total. The fourth-order valence-corrected chi connectivity index (χ4v) is 4.14. The largest absolute Gasteiger partial charge is 0.330 e. The molecule has 0 fully saturated rings. The number of nitrogens with zero attached hydrogens (tertiary/aromatic N) is 3. The number of anilines is 1. The van der Waals surface area contributed by atoms with Crippen molar-refractivity contribution in [1.82, 2.24) is 14.1 Å². The van der Waals surface area contributed by atoms with Gasteiger partial charge in [0, 0.05) is 12.2 Å². The lowest BCUT2D eigenvalue weighted by Gasteiger charge is -2.14. The van der Waals surface area contributed by atoms with Crippen molar-refractivity contribution in [2.45, 2.75) is 45.9 Å². The van der Waals surface area contributed by atoms with E-state index in [4.69, 9.17) is 11.6 Å². The van der Waals surface area contributed by atoms with Crippen LogP contribution in [0.15, 0.2) is 34.2 Å². The van der Waals surface area contributed by atoms with E-state index in [2.05, 4.69) is 24.1 Å². The molecule has 1 amide bonds. The van der Waals surface area contributed by atoms with Gasteiger partial charge in [-0.2, -0.15) is 0 Å². The number of aromatic nitrogens is 3. The summed E-state index contributed by atoms with van der Waals surface area (Å²) in [7, 11) is 0. The first kappa shape index (κ1) is 21.5. The highest BCUT2D eigenvalue weighted by Crippen LogP contribution is 2.23. The van der Waals surface area contributed by atoms with E-state index in [-0.39, 0.29) is 18.0 Å². The predicted octanol–water partition coefficient (Wildman–Crippen LogP) is 4.48. The van der Waals surface area contributed by atoms with E-state index in [1.165, 1.54) is 11.8 Å². The van der Waals surface area contributed by atoms with Gasteiger partial charge in [0.1, 0.15) is 12.1 Å². The molecule has 2 aromatic heterocycles. The molecule has 3 rings (SSSR count). The van der Waals surface area contributed by atoms with Gasteiger partial charge < -0.3 is 9.88 Å². The number of nitrogens with one attached hydrogen (secondary N) is 1. The fourth-order valence-electron chi connectivity index (χ4n) is 3.29. The number of hydrogen-bond donors (Lipinski definition) is 1. The number of hydrogen-bond acceptors (Lipinski definition) is 4. The zero-order chi connectivity index (χ0) is 21.3. The Labute approximate surface area is 179 Å². The summed E-state index contributed by atoms with van der Waals surface area (Å²) in [6.07, 6.45) is 1.91. The molecule has 0 radical (unpaired) electrons. The summed E-state index contributed by atoms with van der Waals surface area (Å²) in [5.74, 6) is 0.0504. The number of aryl methyl sites for hydroxylation is 2. The molecule has 0 atom stereocenters. The summed E-state index contributed by atoms with van der Waals surface area (Å²) in [5, 5.41) is 4.00. The molecule has 0 saturated heterocycles. The van der Waals surface area contributed by atoms with Gasteiger partial charge in [-0.15, -0.1) is 0 Å². The van der Waals surface area contributed by atoms with Crippen LogP contribution in [0.3, 0.4) is 0 Å². The van der Waals surface area contributed by atoms with E-state index in [9.17, 15) is 9.59 Å². The maximum absolute atomic E-state index is 13.2. The van der Waals surface area contributed by atoms with Gasteiger partial charge in [-0.25, -0.2) is 4.98 Å². The van der Waals surface area contributed by atoms with Crippen LogP contribution in [0.4, 0.5) is 5.69 Å². The molecule has 0 aliphatic carbocycles. The third-order valence-corrected chi connectivity index (χ3v) is 5.60. The maximum atomic E-state index is 13.2. The Balaban J connectivity index is 1.99. The van der Waals surface area contributed by atoms with Crippen LogP contribution < -0.4 is 10.9 Å². The van der Waals surface area contributed by atoms with Gasteiger partial charge in [-0.3, -0.25) is 14.2 Å². The third-order valence-electron chi connectivity index (χ3n) is 4.61. The van der Waals surface area contributed by atoms with Crippen molar-refractivity contribution < 1.29 is 4.79 Å². The topological polar surface area (TPSA) is 68.9 Å². The molecule has 0 bridgehead atoms. The Morgan fingerprint density at radius 1 is 1.24 bits per heavy atom. The van der Waals surface area contributed by atoms with Gasteiger partial charge in [-0.05, 0) is 49.8 Å². The number of carbonyl (C=O) groups excluding carboxylic acids is 1. The quantitative estimate of drug-likeness (QED) is 0.460. The second-order valence-corrected chi connectivity index (χ2v) is 8.73. The average molecular weight is 433 g/mol. The average Bonchev–Trinajstić information content (AvgIpc) is 2.95. The minimum Gasteiger partial charge on any atom is -0.330 e. The number of amides is 1. The number of benzene rings is 1. The van der Waals surface area contributed by atoms with Crippen LogP contribution in [0.1, 0.15) is 25.1 Å². The normalized spacial score (nSPS) is 11.4. The number of fused-ring (bicyclic) bond motifs is 1. The minimum absolute atomic E-state index is 0.0107. The first-order valence-electron chi connectivity index (χ1n) is 9.42. The zero-order valence-electron chi connectivity index (χ0n) is 17.2. The smallest absolute Gasteiger partial charge is 0.278 e. The molecule has 0 unspecified atom stereocenters. The van der Waals surface area contributed by atoms with Crippen LogP contribution in [-0.4, -0.2) is 26.3 Å². The molecule has 0 aliphatic heterocycles. The Hall–Kier alpha value is -2.25. The van der Waals surface area contributed by atoms with Crippen molar-refractivity contribution >= 4 is 46.0 Å². The lowest BCUT2D eigenvalue weighted by Crippen LogP contribution is -2.28. The van der Waals surface area contributed by atoms with Gasteiger partial charge in [0.05, 0.1) is 16.2 Å². The Bertz CT molecular complexity index is 1130. The number of halogens is 1. The highest BCUT2D eigenvalue weighted by Gasteiger charge is 2.19. The van der Waals surface area contributed by atoms with Crippen LogP contribution in [0.2, 0.25) is 5.02 Å². The minimum atomic E-state index is -0.250. The fraction of sp³-hybridized carbons (Fsp3) is 0.381. The van der Waals surface area contributed by atoms with Crippen LogP contribution in [0.25, 0.3) is 11.0 Å². The highest BCUT2D eigenvalue weighted by molar-refractivity contribution is 7.98. The number of rotatable bonds is 6. The van der Waals surface area contributed by atoms with Crippen molar-refractivity contribution in [3.63, 3.8) is 0 Å². The second-order valence-electron chi connectivity index (χ2n) is 7.55. The Morgan fingerprint density at radius 2 is 1.97 bits per heavy atom. The van der Waals surface area contributed by atoms with Crippen molar-refractivity contribution in [3.8, 4) is 0 Å². The first-order valence-corrected chi connectivity index (χ1v) is 11.0. The Morgan fingerprint density at radius 3 is 2.59 bits per heavy atom. The summed E-state index contributed by atoms with van der Waals surface area (Å²) in [5.41, 5.74) is 3.31. The molecule has 0 saturated carbocycles. The molecular formula is C21H25ClN4O2S. The summed E-state index contributed by atoms with van der Waals surface area (Å²) >= 11 is 7.67. The van der Waals surface area contributed by atoms with Crippen molar-refractivity contribution in [1.29, 1.82) is 0 Å². The number of thioether (sulfide) groups is 1. The van der Waals surface area contributed by atoms with Gasteiger partial charge >= 0.3 is 0 Å². The third kappa shape index (κ3) is 4.51. The van der Waals surface area contributed by atoms with Crippen molar-refractivity contribution in [2.24, 2.45) is 5.92 Å². The number of carbonyl (C=O) groups is 1. The lowest BCUT2D eigenvalue weighted by atomic mass is 10.2. The molecular weight excluding hydrogens is 408 g/mol. The summed E-state index contributed by atoms with van der Waals surface area (Å²) in [6, 6.07) is 7.31. The van der Waals surface area contributed by atoms with Crippen LogP contribution in [0, 0.1) is 19.8 Å². The van der Waals surface area contributed by atoms with Gasteiger partial charge in [-0.1, -0.05) is 43.3 Å². The highest BCUT2D eigenvalue weighted by atomic mass is 35.5. The van der Waals surface area contributed by atoms with Crippen LogP contribution in [-0.2, 0) is 17.9 Å². The SMILES string of the molecule is CSc1nc2cc(C)n(CC(=O)Nc3ccc(C)cc3Cl)c2c(=O)n1CC(C)C. The molecule has 1 N–H and O–H groups in total.